The van der Waals surface area contributed by atoms with Crippen molar-refractivity contribution in [2.45, 2.75) is 6.10 Å². The van der Waals surface area contributed by atoms with E-state index in [2.05, 4.69) is 0 Å². The third kappa shape index (κ3) is 3.15. The van der Waals surface area contributed by atoms with Crippen molar-refractivity contribution in [3.63, 3.8) is 0 Å². The van der Waals surface area contributed by atoms with E-state index >= 15 is 0 Å². The molecule has 2 nitrogen and oxygen atoms in total. The van der Waals surface area contributed by atoms with E-state index in [0.717, 1.165) is 11.1 Å². The van der Waals surface area contributed by atoms with E-state index < -0.39 is 0 Å². The van der Waals surface area contributed by atoms with Gasteiger partial charge in [-0.15, -0.1) is 0 Å². The molecule has 1 atom stereocenters. The van der Waals surface area contributed by atoms with E-state index in [1.807, 2.05) is 36.4 Å². The quantitative estimate of drug-likeness (QED) is 0.879. The summed E-state index contributed by atoms with van der Waals surface area (Å²) in [5, 5.41) is 0. The van der Waals surface area contributed by atoms with E-state index in [1.165, 1.54) is 12.1 Å². The van der Waals surface area contributed by atoms with Gasteiger partial charge in [0.1, 0.15) is 11.9 Å². The molecule has 0 fully saturated rings. The second kappa shape index (κ2) is 6.28. The highest BCUT2D eigenvalue weighted by atomic mass is 19.1. The molecule has 0 amide bonds. The van der Waals surface area contributed by atoms with Gasteiger partial charge in [-0.2, -0.15) is 0 Å². The number of benzene rings is 2. The first-order valence-corrected chi connectivity index (χ1v) is 5.93. The molecule has 0 aliphatic rings. The highest BCUT2D eigenvalue weighted by Gasteiger charge is 2.14. The monoisotopic (exact) mass is 245 g/mol. The third-order valence-electron chi connectivity index (χ3n) is 2.66. The van der Waals surface area contributed by atoms with Crippen LogP contribution in [-0.2, 0) is 4.74 Å². The molecular weight excluding hydrogens is 229 g/mol. The number of hydrogen-bond acceptors (Lipinski definition) is 2. The summed E-state index contributed by atoms with van der Waals surface area (Å²) in [7, 11) is 0. The molecule has 0 bridgehead atoms. The van der Waals surface area contributed by atoms with E-state index in [-0.39, 0.29) is 11.9 Å². The Labute approximate surface area is 106 Å². The normalized spacial score (nSPS) is 12.3. The lowest BCUT2D eigenvalue weighted by Crippen LogP contribution is -2.13. The molecule has 2 N–H and O–H groups in total. The number of hydrogen-bond donors (Lipinski definition) is 1. The minimum atomic E-state index is -0.273. The largest absolute Gasteiger partial charge is 0.367 e. The van der Waals surface area contributed by atoms with Crippen molar-refractivity contribution >= 4 is 0 Å². The van der Waals surface area contributed by atoms with Gasteiger partial charge in [-0.1, -0.05) is 42.5 Å². The smallest absolute Gasteiger partial charge is 0.123 e. The lowest BCUT2D eigenvalue weighted by molar-refractivity contribution is 0.0862. The van der Waals surface area contributed by atoms with Crippen LogP contribution in [0.4, 0.5) is 4.39 Å². The lowest BCUT2D eigenvalue weighted by Gasteiger charge is -2.18. The van der Waals surface area contributed by atoms with Crippen molar-refractivity contribution in [3.8, 4) is 0 Å². The van der Waals surface area contributed by atoms with Gasteiger partial charge in [-0.25, -0.2) is 4.39 Å². The zero-order valence-electron chi connectivity index (χ0n) is 10.1. The van der Waals surface area contributed by atoms with Gasteiger partial charge in [-0.3, -0.25) is 0 Å². The fourth-order valence-corrected chi connectivity index (χ4v) is 1.87. The summed E-state index contributed by atoms with van der Waals surface area (Å²) in [5.41, 5.74) is 7.26. The molecule has 0 saturated heterocycles. The van der Waals surface area contributed by atoms with E-state index in [4.69, 9.17) is 10.5 Å². The van der Waals surface area contributed by atoms with Crippen molar-refractivity contribution in [3.05, 3.63) is 71.5 Å². The van der Waals surface area contributed by atoms with Crippen molar-refractivity contribution in [1.29, 1.82) is 0 Å². The van der Waals surface area contributed by atoms with Crippen LogP contribution in [0.2, 0.25) is 0 Å². The SMILES string of the molecule is NCCOC(c1ccccc1)c1cccc(F)c1. The molecule has 18 heavy (non-hydrogen) atoms. The number of halogens is 1. The first-order chi connectivity index (χ1) is 8.81. The summed E-state index contributed by atoms with van der Waals surface area (Å²) in [5.74, 6) is -0.259. The van der Waals surface area contributed by atoms with Crippen LogP contribution in [-0.4, -0.2) is 13.2 Å². The molecule has 0 spiro atoms. The predicted molar refractivity (Wildman–Crippen MR) is 69.7 cm³/mol. The van der Waals surface area contributed by atoms with Gasteiger partial charge in [-0.05, 0) is 23.3 Å². The van der Waals surface area contributed by atoms with Gasteiger partial charge in [0, 0.05) is 6.54 Å². The van der Waals surface area contributed by atoms with Crippen LogP contribution >= 0.6 is 0 Å². The molecule has 94 valence electrons. The maximum atomic E-state index is 13.3. The van der Waals surface area contributed by atoms with Crippen LogP contribution in [0.3, 0.4) is 0 Å². The molecule has 1 unspecified atom stereocenters. The first-order valence-electron chi connectivity index (χ1n) is 5.93. The zero-order valence-corrected chi connectivity index (χ0v) is 10.1. The molecule has 0 heterocycles. The Kier molecular flexibility index (Phi) is 4.45. The highest BCUT2D eigenvalue weighted by Crippen LogP contribution is 2.26. The molecule has 2 aromatic rings. The third-order valence-corrected chi connectivity index (χ3v) is 2.66. The standard InChI is InChI=1S/C15H16FNO/c16-14-8-4-7-13(11-14)15(18-10-9-17)12-5-2-1-3-6-12/h1-8,11,15H,9-10,17H2. The number of nitrogens with two attached hydrogens (primary N) is 1. The number of rotatable bonds is 5. The van der Waals surface area contributed by atoms with Crippen LogP contribution in [0.25, 0.3) is 0 Å². The topological polar surface area (TPSA) is 35.2 Å². The van der Waals surface area contributed by atoms with Gasteiger partial charge in [0.05, 0.1) is 6.61 Å². The van der Waals surface area contributed by atoms with Gasteiger partial charge >= 0.3 is 0 Å². The van der Waals surface area contributed by atoms with Crippen molar-refractivity contribution in [2.75, 3.05) is 13.2 Å². The van der Waals surface area contributed by atoms with Gasteiger partial charge in [0.15, 0.2) is 0 Å². The fourth-order valence-electron chi connectivity index (χ4n) is 1.87. The van der Waals surface area contributed by atoms with Gasteiger partial charge < -0.3 is 10.5 Å². The van der Waals surface area contributed by atoms with E-state index in [9.17, 15) is 4.39 Å². The summed E-state index contributed by atoms with van der Waals surface area (Å²) in [4.78, 5) is 0. The summed E-state index contributed by atoms with van der Waals surface area (Å²) in [6.07, 6.45) is -0.273. The van der Waals surface area contributed by atoms with Gasteiger partial charge in [0.25, 0.3) is 0 Å². The second-order valence-corrected chi connectivity index (χ2v) is 4.01. The maximum Gasteiger partial charge on any atom is 0.123 e. The van der Waals surface area contributed by atoms with E-state index in [0.29, 0.717) is 13.2 Å². The molecule has 3 heteroatoms. The average Bonchev–Trinajstić information content (AvgIpc) is 2.40. The second-order valence-electron chi connectivity index (χ2n) is 4.01. The summed E-state index contributed by atoms with van der Waals surface area (Å²) < 4.78 is 19.0. The molecule has 0 aliphatic heterocycles. The van der Waals surface area contributed by atoms with Crippen LogP contribution in [0.15, 0.2) is 54.6 Å². The average molecular weight is 245 g/mol. The Balaban J connectivity index is 2.31. The molecule has 0 aliphatic carbocycles. The molecule has 0 saturated carbocycles. The van der Waals surface area contributed by atoms with E-state index in [1.54, 1.807) is 6.07 Å². The Morgan fingerprint density at radius 3 is 2.39 bits per heavy atom. The molecule has 2 rings (SSSR count). The summed E-state index contributed by atoms with van der Waals surface area (Å²) in [6, 6.07) is 16.2. The van der Waals surface area contributed by atoms with Crippen LogP contribution in [0.5, 0.6) is 0 Å². The fraction of sp³-hybridized carbons (Fsp3) is 0.200. The molecule has 0 aromatic heterocycles. The lowest BCUT2D eigenvalue weighted by atomic mass is 10.0. The summed E-state index contributed by atoms with van der Waals surface area (Å²) >= 11 is 0. The van der Waals surface area contributed by atoms with Crippen molar-refractivity contribution < 1.29 is 9.13 Å². The minimum Gasteiger partial charge on any atom is -0.367 e. The van der Waals surface area contributed by atoms with Crippen LogP contribution in [0, 0.1) is 5.82 Å². The Hall–Kier alpha value is -1.71. The van der Waals surface area contributed by atoms with Gasteiger partial charge in [0.2, 0.25) is 0 Å². The minimum absolute atomic E-state index is 0.259. The molecule has 2 aromatic carbocycles. The Morgan fingerprint density at radius 1 is 1.00 bits per heavy atom. The van der Waals surface area contributed by atoms with Crippen molar-refractivity contribution in [2.24, 2.45) is 5.73 Å². The summed E-state index contributed by atoms with van der Waals surface area (Å²) in [6.45, 7) is 0.884. The Bertz CT molecular complexity index is 487. The van der Waals surface area contributed by atoms with Crippen LogP contribution in [0.1, 0.15) is 17.2 Å². The predicted octanol–water partition coefficient (Wildman–Crippen LogP) is 2.89. The first kappa shape index (κ1) is 12.7. The zero-order chi connectivity index (χ0) is 12.8. The maximum absolute atomic E-state index is 13.3. The van der Waals surface area contributed by atoms with Crippen molar-refractivity contribution in [1.82, 2.24) is 0 Å². The number of ether oxygens (including phenoxy) is 1. The molecule has 0 radical (unpaired) electrons. The van der Waals surface area contributed by atoms with Crippen LogP contribution < -0.4 is 5.73 Å². The highest BCUT2D eigenvalue weighted by molar-refractivity contribution is 5.30. The molecular formula is C15H16FNO. The Morgan fingerprint density at radius 2 is 1.72 bits per heavy atom.